The van der Waals surface area contributed by atoms with Crippen LogP contribution in [0.25, 0.3) is 0 Å². The summed E-state index contributed by atoms with van der Waals surface area (Å²) >= 11 is -1.82. The van der Waals surface area contributed by atoms with Gasteiger partial charge in [-0.3, -0.25) is 8.37 Å². The Bertz CT molecular complexity index is 388. The van der Waals surface area contributed by atoms with E-state index in [1.54, 1.807) is 6.92 Å². The van der Waals surface area contributed by atoms with Gasteiger partial charge in [0.2, 0.25) is 6.10 Å². The van der Waals surface area contributed by atoms with Crippen LogP contribution in [0.1, 0.15) is 104 Å². The monoisotopic (exact) mass is 390 g/mol. The van der Waals surface area contributed by atoms with Crippen molar-refractivity contribution in [1.82, 2.24) is 0 Å². The summed E-state index contributed by atoms with van der Waals surface area (Å²) in [7, 11) is 0. The molecule has 26 heavy (non-hydrogen) atoms. The van der Waals surface area contributed by atoms with Gasteiger partial charge in [0.1, 0.15) is 6.10 Å². The van der Waals surface area contributed by atoms with Gasteiger partial charge in [0.15, 0.2) is 0 Å². The molecular weight excluding hydrogens is 352 g/mol. The first-order valence-electron chi connectivity index (χ1n) is 10.6. The normalized spacial score (nSPS) is 22.6. The summed E-state index contributed by atoms with van der Waals surface area (Å²) in [5, 5.41) is 0. The summed E-state index contributed by atoms with van der Waals surface area (Å²) in [5.74, 6) is -0.474. The molecule has 1 unspecified atom stereocenters. The van der Waals surface area contributed by atoms with Gasteiger partial charge in [-0.2, -0.15) is 4.21 Å². The Hall–Kier alpha value is -0.460. The molecule has 0 aromatic carbocycles. The van der Waals surface area contributed by atoms with Gasteiger partial charge in [-0.05, 0) is 13.3 Å². The van der Waals surface area contributed by atoms with Crippen LogP contribution in [0.5, 0.6) is 0 Å². The van der Waals surface area contributed by atoms with Crippen molar-refractivity contribution in [2.45, 2.75) is 116 Å². The largest absolute Gasteiger partial charge is 0.464 e. The molecule has 1 fully saturated rings. The molecule has 5 nitrogen and oxygen atoms in total. The van der Waals surface area contributed by atoms with Gasteiger partial charge in [0.25, 0.3) is 0 Å². The van der Waals surface area contributed by atoms with Crippen LogP contribution in [0.4, 0.5) is 0 Å². The lowest BCUT2D eigenvalue weighted by Crippen LogP contribution is -2.33. The van der Waals surface area contributed by atoms with Crippen LogP contribution in [0.3, 0.4) is 0 Å². The first-order chi connectivity index (χ1) is 12.7. The van der Waals surface area contributed by atoms with Gasteiger partial charge in [0.05, 0.1) is 6.61 Å². The summed E-state index contributed by atoms with van der Waals surface area (Å²) in [6.07, 6.45) is 16.3. The number of unbranched alkanes of at least 4 members (excludes halogenated alkanes) is 12. The minimum Gasteiger partial charge on any atom is -0.464 e. The van der Waals surface area contributed by atoms with E-state index in [9.17, 15) is 9.00 Å². The van der Waals surface area contributed by atoms with Gasteiger partial charge in [-0.25, -0.2) is 4.79 Å². The number of esters is 1. The van der Waals surface area contributed by atoms with E-state index in [0.29, 0.717) is 6.42 Å². The molecule has 0 N–H and O–H groups in total. The maximum absolute atomic E-state index is 11.8. The fraction of sp³-hybridized carbons (Fsp3) is 0.950. The molecule has 0 aromatic heterocycles. The van der Waals surface area contributed by atoms with Crippen molar-refractivity contribution < 1.29 is 22.1 Å². The number of hydrogen-bond acceptors (Lipinski definition) is 5. The zero-order valence-corrected chi connectivity index (χ0v) is 17.5. The minimum absolute atomic E-state index is 0.288. The Balaban J connectivity index is 1.95. The number of carbonyl (C=O) groups is 1. The minimum atomic E-state index is -1.82. The Labute approximate surface area is 162 Å². The Morgan fingerprint density at radius 2 is 1.31 bits per heavy atom. The van der Waals surface area contributed by atoms with Gasteiger partial charge in [0, 0.05) is 0 Å². The molecule has 1 heterocycles. The van der Waals surface area contributed by atoms with Crippen LogP contribution >= 0.6 is 0 Å². The molecule has 0 aliphatic carbocycles. The molecule has 0 amide bonds. The quantitative estimate of drug-likeness (QED) is 0.261. The number of ether oxygens (including phenoxy) is 1. The van der Waals surface area contributed by atoms with Crippen molar-refractivity contribution in [3.63, 3.8) is 0 Å². The summed E-state index contributed by atoms with van der Waals surface area (Å²) in [6.45, 7) is 4.29. The highest BCUT2D eigenvalue weighted by Crippen LogP contribution is 2.24. The molecule has 1 aliphatic heterocycles. The van der Waals surface area contributed by atoms with Crippen LogP contribution in [0.15, 0.2) is 0 Å². The fourth-order valence-electron chi connectivity index (χ4n) is 3.30. The second-order valence-electron chi connectivity index (χ2n) is 7.14. The Kier molecular flexibility index (Phi) is 14.1. The van der Waals surface area contributed by atoms with Gasteiger partial charge >= 0.3 is 17.3 Å². The maximum atomic E-state index is 11.8. The summed E-state index contributed by atoms with van der Waals surface area (Å²) in [4.78, 5) is 11.8. The molecule has 0 bridgehead atoms. The molecular formula is C20H38O5S. The molecule has 0 aromatic rings. The first kappa shape index (κ1) is 23.6. The van der Waals surface area contributed by atoms with Crippen LogP contribution in [-0.2, 0) is 29.3 Å². The zero-order chi connectivity index (χ0) is 19.0. The second-order valence-corrected chi connectivity index (χ2v) is 7.93. The van der Waals surface area contributed by atoms with E-state index in [2.05, 4.69) is 6.92 Å². The predicted octanol–water partition coefficient (Wildman–Crippen LogP) is 5.39. The second kappa shape index (κ2) is 15.6. The fourth-order valence-corrected chi connectivity index (χ4v) is 4.12. The van der Waals surface area contributed by atoms with E-state index in [4.69, 9.17) is 13.1 Å². The van der Waals surface area contributed by atoms with Gasteiger partial charge in [-0.1, -0.05) is 90.4 Å². The third kappa shape index (κ3) is 10.6. The van der Waals surface area contributed by atoms with E-state index in [1.807, 2.05) is 0 Å². The highest BCUT2D eigenvalue weighted by molar-refractivity contribution is 7.75. The molecule has 154 valence electrons. The standard InChI is InChI=1S/C20H38O5S/c1-3-5-6-7-8-9-10-11-12-13-14-15-16-17-18-19(20(21)23-4-2)25-26(22)24-18/h18-19H,3-17H2,1-2H3/t18-,19+,26?/m1/s1. The molecule has 1 aliphatic rings. The number of rotatable bonds is 16. The van der Waals surface area contributed by atoms with Crippen molar-refractivity contribution in [3.8, 4) is 0 Å². The van der Waals surface area contributed by atoms with Gasteiger partial charge in [-0.15, -0.1) is 0 Å². The first-order valence-corrected chi connectivity index (χ1v) is 11.6. The smallest absolute Gasteiger partial charge is 0.339 e. The zero-order valence-electron chi connectivity index (χ0n) is 16.7. The molecule has 0 spiro atoms. The maximum Gasteiger partial charge on any atom is 0.339 e. The number of carbonyl (C=O) groups excluding carboxylic acids is 1. The van der Waals surface area contributed by atoms with E-state index < -0.39 is 29.5 Å². The lowest BCUT2D eigenvalue weighted by molar-refractivity contribution is -0.152. The highest BCUT2D eigenvalue weighted by Gasteiger charge is 2.41. The van der Waals surface area contributed by atoms with E-state index in [0.717, 1.165) is 12.8 Å². The Morgan fingerprint density at radius 3 is 1.81 bits per heavy atom. The SMILES string of the molecule is CCCCCCCCCCCCCCC[C@H]1OS(=O)O[C@@H]1C(=O)OCC. The lowest BCUT2D eigenvalue weighted by Gasteiger charge is -2.13. The molecule has 0 radical (unpaired) electrons. The molecule has 3 atom stereocenters. The third-order valence-corrected chi connectivity index (χ3v) is 5.60. The topological polar surface area (TPSA) is 61.8 Å². The number of hydrogen-bond donors (Lipinski definition) is 0. The van der Waals surface area contributed by atoms with E-state index in [1.165, 1.54) is 70.6 Å². The summed E-state index contributed by atoms with van der Waals surface area (Å²) in [5.41, 5.74) is 0. The van der Waals surface area contributed by atoms with Crippen molar-refractivity contribution in [1.29, 1.82) is 0 Å². The van der Waals surface area contributed by atoms with Crippen molar-refractivity contribution >= 4 is 17.3 Å². The van der Waals surface area contributed by atoms with E-state index >= 15 is 0 Å². The third-order valence-electron chi connectivity index (χ3n) is 4.83. The van der Waals surface area contributed by atoms with E-state index in [-0.39, 0.29) is 6.61 Å². The van der Waals surface area contributed by atoms with Crippen molar-refractivity contribution in [2.24, 2.45) is 0 Å². The van der Waals surface area contributed by atoms with Crippen LogP contribution in [0, 0.1) is 0 Å². The average molecular weight is 391 g/mol. The molecule has 1 rings (SSSR count). The Morgan fingerprint density at radius 1 is 0.808 bits per heavy atom. The molecule has 1 saturated heterocycles. The van der Waals surface area contributed by atoms with Gasteiger partial charge < -0.3 is 4.74 Å². The van der Waals surface area contributed by atoms with Crippen molar-refractivity contribution in [3.05, 3.63) is 0 Å². The molecule has 6 heteroatoms. The lowest BCUT2D eigenvalue weighted by atomic mass is 10.0. The predicted molar refractivity (Wildman–Crippen MR) is 105 cm³/mol. The van der Waals surface area contributed by atoms with Crippen LogP contribution in [0.2, 0.25) is 0 Å². The average Bonchev–Trinajstić information content (AvgIpc) is 3.00. The van der Waals surface area contributed by atoms with Crippen LogP contribution < -0.4 is 0 Å². The van der Waals surface area contributed by atoms with Crippen molar-refractivity contribution in [2.75, 3.05) is 6.61 Å². The highest BCUT2D eigenvalue weighted by atomic mass is 32.2. The summed E-state index contributed by atoms with van der Waals surface area (Å²) < 4.78 is 26.5. The summed E-state index contributed by atoms with van der Waals surface area (Å²) in [6, 6.07) is 0. The van der Waals surface area contributed by atoms with Crippen LogP contribution in [-0.4, -0.2) is 29.0 Å². The molecule has 0 saturated carbocycles.